The zero-order valence-corrected chi connectivity index (χ0v) is 15.9. The van der Waals surface area contributed by atoms with E-state index in [1.54, 1.807) is 36.2 Å². The van der Waals surface area contributed by atoms with E-state index in [9.17, 15) is 9.59 Å². The molecule has 0 heterocycles. The number of hydrogen-bond acceptors (Lipinski definition) is 3. The number of benzene rings is 2. The lowest BCUT2D eigenvalue weighted by atomic mass is 10.2. The summed E-state index contributed by atoms with van der Waals surface area (Å²) in [5.41, 5.74) is 1.57. The van der Waals surface area contributed by atoms with Gasteiger partial charge in [-0.1, -0.05) is 34.1 Å². The minimum atomic E-state index is -0.273. The molecule has 2 aromatic rings. The molecule has 0 unspecified atom stereocenters. The third-order valence-corrected chi connectivity index (χ3v) is 4.24. The van der Waals surface area contributed by atoms with E-state index in [1.165, 1.54) is 0 Å². The number of hydrogen-bond donors (Lipinski definition) is 1. The molecule has 0 aliphatic carbocycles. The highest BCUT2D eigenvalue weighted by molar-refractivity contribution is 9.10. The maximum absolute atomic E-state index is 12.1. The molecule has 25 heavy (non-hydrogen) atoms. The van der Waals surface area contributed by atoms with Crippen molar-refractivity contribution in [3.63, 3.8) is 0 Å². The molecule has 0 aromatic heterocycles. The molecule has 0 aliphatic rings. The first-order valence-electron chi connectivity index (χ1n) is 7.93. The molecule has 6 heteroatoms. The Balaban J connectivity index is 1.73. The smallest absolute Gasteiger partial charge is 0.251 e. The lowest BCUT2D eigenvalue weighted by Gasteiger charge is -2.18. The fourth-order valence-electron chi connectivity index (χ4n) is 2.13. The summed E-state index contributed by atoms with van der Waals surface area (Å²) in [6.07, 6.45) is 0. The van der Waals surface area contributed by atoms with Crippen LogP contribution in [0.25, 0.3) is 0 Å². The Hall–Kier alpha value is -2.34. The number of aryl methyl sites for hydroxylation is 1. The standard InChI is InChI=1S/C19H21BrN2O3/c1-14-5-3-4-6-17(14)25-12-11-22(2)18(23)13-21-19(24)15-7-9-16(20)10-8-15/h3-10H,11-13H2,1-2H3,(H,21,24). The predicted octanol–water partition coefficient (Wildman–Crippen LogP) is 3.02. The summed E-state index contributed by atoms with van der Waals surface area (Å²) in [6, 6.07) is 14.7. The summed E-state index contributed by atoms with van der Waals surface area (Å²) in [4.78, 5) is 25.6. The van der Waals surface area contributed by atoms with Gasteiger partial charge < -0.3 is 15.0 Å². The highest BCUT2D eigenvalue weighted by Gasteiger charge is 2.12. The SMILES string of the molecule is Cc1ccccc1OCCN(C)C(=O)CNC(=O)c1ccc(Br)cc1. The Kier molecular flexibility index (Phi) is 7.01. The van der Waals surface area contributed by atoms with E-state index in [-0.39, 0.29) is 18.4 Å². The van der Waals surface area contributed by atoms with Crippen LogP contribution in [-0.2, 0) is 4.79 Å². The first-order chi connectivity index (χ1) is 12.0. The molecule has 2 amide bonds. The topological polar surface area (TPSA) is 58.6 Å². The number of rotatable bonds is 7. The molecule has 0 spiro atoms. The second-order valence-electron chi connectivity index (χ2n) is 5.62. The maximum Gasteiger partial charge on any atom is 0.251 e. The molecule has 0 saturated heterocycles. The molecule has 0 aliphatic heterocycles. The average Bonchev–Trinajstić information content (AvgIpc) is 2.61. The van der Waals surface area contributed by atoms with Crippen molar-refractivity contribution in [3.05, 3.63) is 64.1 Å². The van der Waals surface area contributed by atoms with Gasteiger partial charge in [-0.25, -0.2) is 0 Å². The molecule has 0 fully saturated rings. The Bertz CT molecular complexity index is 732. The van der Waals surface area contributed by atoms with Crippen LogP contribution in [0.1, 0.15) is 15.9 Å². The van der Waals surface area contributed by atoms with Crippen LogP contribution in [0.15, 0.2) is 53.0 Å². The number of ether oxygens (including phenoxy) is 1. The van der Waals surface area contributed by atoms with Crippen molar-refractivity contribution < 1.29 is 14.3 Å². The quantitative estimate of drug-likeness (QED) is 0.771. The van der Waals surface area contributed by atoms with Gasteiger partial charge in [-0.15, -0.1) is 0 Å². The second kappa shape index (κ2) is 9.22. The number of amides is 2. The van der Waals surface area contributed by atoms with Crippen LogP contribution in [0, 0.1) is 6.92 Å². The summed E-state index contributed by atoms with van der Waals surface area (Å²) in [5.74, 6) is 0.371. The van der Waals surface area contributed by atoms with E-state index in [1.807, 2.05) is 31.2 Å². The van der Waals surface area contributed by atoms with Crippen LogP contribution < -0.4 is 10.1 Å². The number of para-hydroxylation sites is 1. The molecule has 1 N–H and O–H groups in total. The van der Waals surface area contributed by atoms with E-state index in [2.05, 4.69) is 21.2 Å². The van der Waals surface area contributed by atoms with Gasteiger partial charge in [0.25, 0.3) is 5.91 Å². The fraction of sp³-hybridized carbons (Fsp3) is 0.263. The van der Waals surface area contributed by atoms with Crippen LogP contribution >= 0.6 is 15.9 Å². The molecule has 0 bridgehead atoms. The first kappa shape index (κ1) is 19.0. The molecular formula is C19H21BrN2O3. The molecule has 5 nitrogen and oxygen atoms in total. The van der Waals surface area contributed by atoms with Gasteiger partial charge >= 0.3 is 0 Å². The van der Waals surface area contributed by atoms with Crippen LogP contribution in [0.2, 0.25) is 0 Å². The zero-order chi connectivity index (χ0) is 18.2. The lowest BCUT2D eigenvalue weighted by Crippen LogP contribution is -2.39. The number of halogens is 1. The Labute approximate surface area is 156 Å². The van der Waals surface area contributed by atoms with Gasteiger partial charge in [0.15, 0.2) is 0 Å². The van der Waals surface area contributed by atoms with Crippen molar-refractivity contribution in [1.29, 1.82) is 0 Å². The number of carbonyl (C=O) groups is 2. The molecule has 0 saturated carbocycles. The third-order valence-electron chi connectivity index (χ3n) is 3.71. The van der Waals surface area contributed by atoms with Gasteiger partial charge in [0.2, 0.25) is 5.91 Å². The summed E-state index contributed by atoms with van der Waals surface area (Å²) < 4.78 is 6.57. The third kappa shape index (κ3) is 5.90. The van der Waals surface area contributed by atoms with Gasteiger partial charge in [-0.05, 0) is 42.8 Å². The summed E-state index contributed by atoms with van der Waals surface area (Å²) >= 11 is 3.32. The van der Waals surface area contributed by atoms with Gasteiger partial charge in [0, 0.05) is 17.1 Å². The summed E-state index contributed by atoms with van der Waals surface area (Å²) in [6.45, 7) is 2.77. The van der Waals surface area contributed by atoms with Crippen LogP contribution in [0.4, 0.5) is 0 Å². The highest BCUT2D eigenvalue weighted by Crippen LogP contribution is 2.15. The van der Waals surface area contributed by atoms with Crippen molar-refractivity contribution in [2.45, 2.75) is 6.92 Å². The van der Waals surface area contributed by atoms with Gasteiger partial charge in [0.1, 0.15) is 12.4 Å². The van der Waals surface area contributed by atoms with E-state index >= 15 is 0 Å². The van der Waals surface area contributed by atoms with Gasteiger partial charge in [-0.2, -0.15) is 0 Å². The monoisotopic (exact) mass is 404 g/mol. The molecule has 0 atom stereocenters. The second-order valence-corrected chi connectivity index (χ2v) is 6.53. The van der Waals surface area contributed by atoms with Gasteiger partial charge in [-0.3, -0.25) is 9.59 Å². The number of carbonyl (C=O) groups excluding carboxylic acids is 2. The molecule has 2 aromatic carbocycles. The first-order valence-corrected chi connectivity index (χ1v) is 8.73. The van der Waals surface area contributed by atoms with Gasteiger partial charge in [0.05, 0.1) is 13.1 Å². The van der Waals surface area contributed by atoms with E-state index in [4.69, 9.17) is 4.74 Å². The van der Waals surface area contributed by atoms with Crippen molar-refractivity contribution >= 4 is 27.7 Å². The number of likely N-dealkylation sites (N-methyl/N-ethyl adjacent to an activating group) is 1. The van der Waals surface area contributed by atoms with E-state index < -0.39 is 0 Å². The molecule has 132 valence electrons. The van der Waals surface area contributed by atoms with E-state index in [0.717, 1.165) is 15.8 Å². The maximum atomic E-state index is 12.1. The van der Waals surface area contributed by atoms with Crippen LogP contribution in [-0.4, -0.2) is 43.5 Å². The average molecular weight is 405 g/mol. The predicted molar refractivity (Wildman–Crippen MR) is 101 cm³/mol. The summed E-state index contributed by atoms with van der Waals surface area (Å²) in [7, 11) is 1.69. The lowest BCUT2D eigenvalue weighted by molar-refractivity contribution is -0.129. The Morgan fingerprint density at radius 3 is 2.48 bits per heavy atom. The molecular weight excluding hydrogens is 384 g/mol. The Morgan fingerprint density at radius 1 is 1.12 bits per heavy atom. The van der Waals surface area contributed by atoms with Crippen molar-refractivity contribution in [1.82, 2.24) is 10.2 Å². The normalized spacial score (nSPS) is 10.2. The van der Waals surface area contributed by atoms with Crippen molar-refractivity contribution in [3.8, 4) is 5.75 Å². The van der Waals surface area contributed by atoms with Crippen molar-refractivity contribution in [2.24, 2.45) is 0 Å². The molecule has 2 rings (SSSR count). The van der Waals surface area contributed by atoms with E-state index in [0.29, 0.717) is 18.7 Å². The highest BCUT2D eigenvalue weighted by atomic mass is 79.9. The largest absolute Gasteiger partial charge is 0.491 e. The fourth-order valence-corrected chi connectivity index (χ4v) is 2.39. The van der Waals surface area contributed by atoms with Crippen LogP contribution in [0.3, 0.4) is 0 Å². The zero-order valence-electron chi connectivity index (χ0n) is 14.3. The number of nitrogens with one attached hydrogen (secondary N) is 1. The Morgan fingerprint density at radius 2 is 1.80 bits per heavy atom. The van der Waals surface area contributed by atoms with Crippen molar-refractivity contribution in [2.75, 3.05) is 26.7 Å². The molecule has 0 radical (unpaired) electrons. The number of nitrogens with zero attached hydrogens (tertiary/aromatic N) is 1. The van der Waals surface area contributed by atoms with Crippen LogP contribution in [0.5, 0.6) is 5.75 Å². The minimum Gasteiger partial charge on any atom is -0.491 e. The summed E-state index contributed by atoms with van der Waals surface area (Å²) in [5, 5.41) is 2.63. The minimum absolute atomic E-state index is 0.0459.